The van der Waals surface area contributed by atoms with Crippen LogP contribution in [0.4, 0.5) is 0 Å². The summed E-state index contributed by atoms with van der Waals surface area (Å²) in [6, 6.07) is 0. The fourth-order valence-electron chi connectivity index (χ4n) is 3.90. The van der Waals surface area contributed by atoms with Crippen LogP contribution in [0.15, 0.2) is 36.5 Å². The van der Waals surface area contributed by atoms with Gasteiger partial charge in [-0.3, -0.25) is 9.59 Å². The summed E-state index contributed by atoms with van der Waals surface area (Å²) in [7, 11) is 5.88. The molecule has 0 fully saturated rings. The van der Waals surface area contributed by atoms with Crippen molar-refractivity contribution in [2.75, 3.05) is 27.7 Å². The number of nitrogens with zero attached hydrogens (tertiary/aromatic N) is 1. The summed E-state index contributed by atoms with van der Waals surface area (Å²) < 4.78 is 5.97. The fraction of sp³-hybridized carbons (Fsp3) is 0.733. The molecule has 202 valence electrons. The Morgan fingerprint density at radius 2 is 1.23 bits per heavy atom. The highest BCUT2D eigenvalue weighted by molar-refractivity contribution is 5.71. The van der Waals surface area contributed by atoms with Crippen LogP contribution < -0.4 is 0 Å². The molecule has 0 aliphatic heterocycles. The van der Waals surface area contributed by atoms with E-state index in [9.17, 15) is 9.59 Å². The van der Waals surface area contributed by atoms with Crippen LogP contribution in [0.3, 0.4) is 0 Å². The van der Waals surface area contributed by atoms with Gasteiger partial charge in [0, 0.05) is 6.42 Å². The van der Waals surface area contributed by atoms with Crippen LogP contribution in [0.5, 0.6) is 0 Å². The maximum Gasteiger partial charge on any atom is 0.307 e. The van der Waals surface area contributed by atoms with Gasteiger partial charge in [-0.25, -0.2) is 0 Å². The average Bonchev–Trinajstić information content (AvgIpc) is 2.76. The molecule has 1 unspecified atom stereocenters. The van der Waals surface area contributed by atoms with Gasteiger partial charge in [0.2, 0.25) is 0 Å². The van der Waals surface area contributed by atoms with Gasteiger partial charge in [0.15, 0.2) is 6.10 Å². The van der Waals surface area contributed by atoms with Crippen LogP contribution in [-0.2, 0) is 14.3 Å². The highest BCUT2D eigenvalue weighted by Crippen LogP contribution is 2.11. The van der Waals surface area contributed by atoms with E-state index >= 15 is 0 Å². The smallest absolute Gasteiger partial charge is 0.307 e. The number of hydrogen-bond donors (Lipinski definition) is 1. The molecule has 0 aliphatic carbocycles. The minimum absolute atomic E-state index is 0.143. The van der Waals surface area contributed by atoms with Crippen LogP contribution in [0.25, 0.3) is 0 Å². The van der Waals surface area contributed by atoms with E-state index in [0.29, 0.717) is 17.4 Å². The molecule has 1 N–H and O–H groups in total. The SMILES string of the molecule is CCCCCCCCC/C=C/C/C=C/C/C=C/CCCCCC(=O)OC(CC(=O)O)C[N+](C)(C)C. The summed E-state index contributed by atoms with van der Waals surface area (Å²) in [6.07, 6.45) is 29.7. The summed E-state index contributed by atoms with van der Waals surface area (Å²) in [5.74, 6) is -1.23. The highest BCUT2D eigenvalue weighted by atomic mass is 16.5. The molecule has 5 heteroatoms. The molecule has 0 spiro atoms. The quantitative estimate of drug-likeness (QED) is 0.0689. The number of ether oxygens (including phenoxy) is 1. The normalized spacial score (nSPS) is 13.3. The first-order chi connectivity index (χ1) is 16.7. The zero-order valence-corrected chi connectivity index (χ0v) is 23.2. The summed E-state index contributed by atoms with van der Waals surface area (Å²) in [4.78, 5) is 23.1. The molecule has 5 nitrogen and oxygen atoms in total. The average molecular weight is 493 g/mol. The van der Waals surface area contributed by atoms with E-state index in [1.807, 2.05) is 21.1 Å². The molecule has 1 atom stereocenters. The van der Waals surface area contributed by atoms with Gasteiger partial charge in [-0.15, -0.1) is 0 Å². The Balaban J connectivity index is 3.69. The van der Waals surface area contributed by atoms with E-state index in [1.165, 1.54) is 51.4 Å². The number of carboxylic acid groups (broad SMARTS) is 1. The van der Waals surface area contributed by atoms with E-state index in [0.717, 1.165) is 38.5 Å². The molecule has 0 heterocycles. The number of likely N-dealkylation sites (N-methyl/N-ethyl adjacent to an activating group) is 1. The van der Waals surface area contributed by atoms with Crippen LogP contribution in [0.1, 0.15) is 110 Å². The molecular weight excluding hydrogens is 438 g/mol. The lowest BCUT2D eigenvalue weighted by Crippen LogP contribution is -2.43. The Morgan fingerprint density at radius 1 is 0.743 bits per heavy atom. The molecule has 0 aliphatic rings. The minimum atomic E-state index is -0.937. The van der Waals surface area contributed by atoms with Crippen LogP contribution >= 0.6 is 0 Å². The van der Waals surface area contributed by atoms with Gasteiger partial charge < -0.3 is 14.3 Å². The van der Waals surface area contributed by atoms with Crippen molar-refractivity contribution in [2.24, 2.45) is 0 Å². The predicted molar refractivity (Wildman–Crippen MR) is 147 cm³/mol. The van der Waals surface area contributed by atoms with E-state index in [2.05, 4.69) is 43.4 Å². The number of aliphatic carboxylic acids is 1. The van der Waals surface area contributed by atoms with Crippen molar-refractivity contribution in [3.8, 4) is 0 Å². The second-order valence-electron chi connectivity index (χ2n) is 10.6. The maximum atomic E-state index is 12.1. The molecule has 0 saturated carbocycles. The number of carboxylic acids is 1. The Morgan fingerprint density at radius 3 is 1.74 bits per heavy atom. The first kappa shape index (κ1) is 33.1. The van der Waals surface area contributed by atoms with E-state index in [1.54, 1.807) is 0 Å². The third kappa shape index (κ3) is 26.6. The second kappa shape index (κ2) is 22.6. The van der Waals surface area contributed by atoms with E-state index in [-0.39, 0.29) is 12.4 Å². The molecule has 0 aromatic heterocycles. The zero-order chi connectivity index (χ0) is 26.2. The largest absolute Gasteiger partial charge is 0.481 e. The number of esters is 1. The molecule has 0 aromatic carbocycles. The first-order valence-electron chi connectivity index (χ1n) is 13.9. The number of unbranched alkanes of at least 4 members (excludes halogenated alkanes) is 10. The Bertz CT molecular complexity index is 616. The van der Waals surface area contributed by atoms with Gasteiger partial charge in [0.05, 0.1) is 27.6 Å². The molecule has 0 saturated heterocycles. The number of rotatable bonds is 23. The van der Waals surface area contributed by atoms with Crippen molar-refractivity contribution in [1.82, 2.24) is 0 Å². The second-order valence-corrected chi connectivity index (χ2v) is 10.6. The van der Waals surface area contributed by atoms with E-state index in [4.69, 9.17) is 9.84 Å². The summed E-state index contributed by atoms with van der Waals surface area (Å²) in [5, 5.41) is 9.03. The standard InChI is InChI=1S/C30H53NO4/c1-5-6-7-8-9-10-11-12-13-14-15-16-17-18-19-20-21-22-23-24-25-30(34)35-28(26-29(32)33)27-31(2,3)4/h13-14,16-17,19-20,28H,5-12,15,18,21-27H2,1-4H3/p+1/b14-13+,17-16+,20-19+. The Hall–Kier alpha value is -1.88. The number of quaternary nitrogens is 1. The van der Waals surface area contributed by atoms with Gasteiger partial charge >= 0.3 is 11.9 Å². The van der Waals surface area contributed by atoms with Crippen molar-refractivity contribution in [1.29, 1.82) is 0 Å². The van der Waals surface area contributed by atoms with Crippen molar-refractivity contribution in [2.45, 2.75) is 116 Å². The van der Waals surface area contributed by atoms with Gasteiger partial charge in [-0.05, 0) is 44.9 Å². The third-order valence-corrected chi connectivity index (χ3v) is 5.72. The lowest BCUT2D eigenvalue weighted by atomic mass is 10.1. The zero-order valence-electron chi connectivity index (χ0n) is 23.2. The summed E-state index contributed by atoms with van der Waals surface area (Å²) in [6.45, 7) is 2.76. The number of hydrogen-bond acceptors (Lipinski definition) is 3. The molecule has 35 heavy (non-hydrogen) atoms. The minimum Gasteiger partial charge on any atom is -0.481 e. The lowest BCUT2D eigenvalue weighted by Gasteiger charge is -2.28. The van der Waals surface area contributed by atoms with Gasteiger partial charge in [0.25, 0.3) is 0 Å². The Labute approximate surface area is 215 Å². The summed E-state index contributed by atoms with van der Waals surface area (Å²) in [5.41, 5.74) is 0. The van der Waals surface area contributed by atoms with Crippen LogP contribution in [0, 0.1) is 0 Å². The monoisotopic (exact) mass is 492 g/mol. The number of carbonyl (C=O) groups excluding carboxylic acids is 1. The predicted octanol–water partition coefficient (Wildman–Crippen LogP) is 7.62. The third-order valence-electron chi connectivity index (χ3n) is 5.72. The van der Waals surface area contributed by atoms with E-state index < -0.39 is 12.1 Å². The van der Waals surface area contributed by atoms with Gasteiger partial charge in [0.1, 0.15) is 6.54 Å². The van der Waals surface area contributed by atoms with Gasteiger partial charge in [-0.1, -0.05) is 88.3 Å². The molecule has 0 amide bonds. The lowest BCUT2D eigenvalue weighted by molar-refractivity contribution is -0.873. The maximum absolute atomic E-state index is 12.1. The topological polar surface area (TPSA) is 63.6 Å². The molecule has 0 aromatic rings. The van der Waals surface area contributed by atoms with Crippen molar-refractivity contribution >= 4 is 11.9 Å². The molecule has 0 radical (unpaired) electrons. The molecule has 0 rings (SSSR count). The first-order valence-corrected chi connectivity index (χ1v) is 13.9. The van der Waals surface area contributed by atoms with Crippen molar-refractivity contribution in [3.63, 3.8) is 0 Å². The molecular formula is C30H54NO4+. The highest BCUT2D eigenvalue weighted by Gasteiger charge is 2.24. The molecule has 0 bridgehead atoms. The van der Waals surface area contributed by atoms with Crippen molar-refractivity contribution in [3.05, 3.63) is 36.5 Å². The summed E-state index contributed by atoms with van der Waals surface area (Å²) >= 11 is 0. The number of carbonyl (C=O) groups is 2. The fourth-order valence-corrected chi connectivity index (χ4v) is 3.90. The van der Waals surface area contributed by atoms with Crippen LogP contribution in [-0.4, -0.2) is 55.3 Å². The van der Waals surface area contributed by atoms with Crippen LogP contribution in [0.2, 0.25) is 0 Å². The van der Waals surface area contributed by atoms with Crippen molar-refractivity contribution < 1.29 is 23.9 Å². The Kier molecular flexibility index (Phi) is 21.4. The van der Waals surface area contributed by atoms with Gasteiger partial charge in [-0.2, -0.15) is 0 Å². The number of allylic oxidation sites excluding steroid dienone is 6.